The molecule has 18 heavy (non-hydrogen) atoms. The number of alkyl halides is 3. The minimum absolute atomic E-state index is 0.0509. The maximum Gasteiger partial charge on any atom is 0.419 e. The predicted molar refractivity (Wildman–Crippen MR) is 64.4 cm³/mol. The average Bonchev–Trinajstić information content (AvgIpc) is 2.12. The molecule has 5 heteroatoms. The first-order valence-corrected chi connectivity index (χ1v) is 5.78. The van der Waals surface area contributed by atoms with Gasteiger partial charge in [-0.25, -0.2) is 9.97 Å². The van der Waals surface area contributed by atoms with Crippen LogP contribution < -0.4 is 0 Å². The fourth-order valence-corrected chi connectivity index (χ4v) is 1.52. The van der Waals surface area contributed by atoms with Gasteiger partial charge in [-0.15, -0.1) is 0 Å². The quantitative estimate of drug-likeness (QED) is 0.702. The summed E-state index contributed by atoms with van der Waals surface area (Å²) < 4.78 is 38.8. The Balaban J connectivity index is 3.50. The molecule has 0 saturated carbocycles. The normalized spacial score (nSPS) is 13.8. The molecule has 0 amide bonds. The van der Waals surface area contributed by atoms with E-state index in [9.17, 15) is 13.2 Å². The molecule has 0 radical (unpaired) electrons. The number of halogens is 3. The zero-order valence-corrected chi connectivity index (χ0v) is 11.6. The molecule has 102 valence electrons. The van der Waals surface area contributed by atoms with E-state index in [0.29, 0.717) is 5.82 Å². The van der Waals surface area contributed by atoms with Crippen molar-refractivity contribution in [2.24, 2.45) is 0 Å². The molecule has 0 atom stereocenters. The highest BCUT2D eigenvalue weighted by molar-refractivity contribution is 5.28. The van der Waals surface area contributed by atoms with Gasteiger partial charge in [0.2, 0.25) is 0 Å². The molecular weight excluding hydrogens is 241 g/mol. The van der Waals surface area contributed by atoms with Crippen LogP contribution in [0.1, 0.15) is 58.6 Å². The van der Waals surface area contributed by atoms with E-state index in [2.05, 4.69) is 9.97 Å². The molecule has 0 unspecified atom stereocenters. The second kappa shape index (κ2) is 4.21. The summed E-state index contributed by atoms with van der Waals surface area (Å²) >= 11 is 0. The zero-order valence-electron chi connectivity index (χ0n) is 11.6. The molecule has 0 fully saturated rings. The Kier molecular flexibility index (Phi) is 3.49. The van der Waals surface area contributed by atoms with E-state index in [1.807, 2.05) is 20.8 Å². The van der Waals surface area contributed by atoms with Crippen LogP contribution in [-0.2, 0) is 17.0 Å². The highest BCUT2D eigenvalue weighted by Gasteiger charge is 2.38. The summed E-state index contributed by atoms with van der Waals surface area (Å²) in [6.07, 6.45) is -3.52. The number of rotatable bonds is 0. The van der Waals surface area contributed by atoms with Gasteiger partial charge in [0.1, 0.15) is 5.82 Å². The molecule has 2 nitrogen and oxygen atoms in total. The van der Waals surface area contributed by atoms with E-state index in [1.165, 1.54) is 0 Å². The van der Waals surface area contributed by atoms with Gasteiger partial charge < -0.3 is 0 Å². The number of hydrogen-bond acceptors (Lipinski definition) is 2. The lowest BCUT2D eigenvalue weighted by Crippen LogP contribution is -2.26. The Bertz CT molecular complexity index is 437. The third kappa shape index (κ3) is 3.21. The maximum atomic E-state index is 12.9. The molecule has 1 aromatic heterocycles. The van der Waals surface area contributed by atoms with Gasteiger partial charge in [-0.05, 0) is 0 Å². The molecule has 0 N–H and O–H groups in total. The van der Waals surface area contributed by atoms with Crippen molar-refractivity contribution in [2.75, 3.05) is 0 Å². The summed E-state index contributed by atoms with van der Waals surface area (Å²) in [5.41, 5.74) is -1.74. The van der Waals surface area contributed by atoms with Crippen molar-refractivity contribution in [1.29, 1.82) is 0 Å². The average molecular weight is 260 g/mol. The van der Waals surface area contributed by atoms with Crippen LogP contribution in [0.15, 0.2) is 6.20 Å². The van der Waals surface area contributed by atoms with Crippen LogP contribution in [0, 0.1) is 0 Å². The Morgan fingerprint density at radius 2 is 1.39 bits per heavy atom. The topological polar surface area (TPSA) is 25.8 Å². The first-order valence-electron chi connectivity index (χ1n) is 5.78. The third-order valence-corrected chi connectivity index (χ3v) is 2.48. The lowest BCUT2D eigenvalue weighted by molar-refractivity contribution is -0.139. The molecule has 0 aliphatic carbocycles. The largest absolute Gasteiger partial charge is 0.419 e. The van der Waals surface area contributed by atoms with Crippen LogP contribution in [0.4, 0.5) is 13.2 Å². The molecule has 0 bridgehead atoms. The smallest absolute Gasteiger partial charge is 0.240 e. The van der Waals surface area contributed by atoms with Gasteiger partial charge in [0.05, 0.1) is 11.3 Å². The molecule has 0 spiro atoms. The SMILES string of the molecule is CC(C)(C)c1ncc(C(F)(F)F)c(C(C)(C)C)n1. The van der Waals surface area contributed by atoms with Gasteiger partial charge in [-0.2, -0.15) is 13.2 Å². The second-order valence-electron chi connectivity index (χ2n) is 6.45. The van der Waals surface area contributed by atoms with Crippen LogP contribution in [0.25, 0.3) is 0 Å². The van der Waals surface area contributed by atoms with Crippen molar-refractivity contribution in [1.82, 2.24) is 9.97 Å². The van der Waals surface area contributed by atoms with Gasteiger partial charge in [0, 0.05) is 17.0 Å². The van der Waals surface area contributed by atoms with E-state index in [-0.39, 0.29) is 11.1 Å². The minimum Gasteiger partial charge on any atom is -0.240 e. The summed E-state index contributed by atoms with van der Waals surface area (Å²) in [5.74, 6) is 0.431. The molecule has 1 heterocycles. The first-order chi connectivity index (χ1) is 7.83. The van der Waals surface area contributed by atoms with Crippen molar-refractivity contribution < 1.29 is 13.2 Å². The fraction of sp³-hybridized carbons (Fsp3) is 0.692. The van der Waals surface area contributed by atoms with Crippen molar-refractivity contribution in [3.05, 3.63) is 23.3 Å². The van der Waals surface area contributed by atoms with E-state index in [4.69, 9.17) is 0 Å². The fourth-order valence-electron chi connectivity index (χ4n) is 1.52. The van der Waals surface area contributed by atoms with E-state index >= 15 is 0 Å². The maximum absolute atomic E-state index is 12.9. The molecule has 0 saturated heterocycles. The minimum atomic E-state index is -4.42. The van der Waals surface area contributed by atoms with E-state index < -0.39 is 17.2 Å². The van der Waals surface area contributed by atoms with Crippen molar-refractivity contribution in [2.45, 2.75) is 58.5 Å². The second-order valence-corrected chi connectivity index (χ2v) is 6.45. The third-order valence-electron chi connectivity index (χ3n) is 2.48. The van der Waals surface area contributed by atoms with Crippen LogP contribution >= 0.6 is 0 Å². The van der Waals surface area contributed by atoms with Crippen LogP contribution in [0.3, 0.4) is 0 Å². The summed E-state index contributed by atoms with van der Waals surface area (Å²) in [6.45, 7) is 10.8. The highest BCUT2D eigenvalue weighted by Crippen LogP contribution is 2.36. The van der Waals surface area contributed by atoms with Crippen molar-refractivity contribution in [3.63, 3.8) is 0 Å². The highest BCUT2D eigenvalue weighted by atomic mass is 19.4. The van der Waals surface area contributed by atoms with Crippen LogP contribution in [-0.4, -0.2) is 9.97 Å². The van der Waals surface area contributed by atoms with Gasteiger partial charge in [-0.3, -0.25) is 0 Å². The summed E-state index contributed by atoms with van der Waals surface area (Å²) in [4.78, 5) is 8.01. The summed E-state index contributed by atoms with van der Waals surface area (Å²) in [5, 5.41) is 0. The molecule has 1 aromatic rings. The van der Waals surface area contributed by atoms with E-state index in [0.717, 1.165) is 6.20 Å². The van der Waals surface area contributed by atoms with E-state index in [1.54, 1.807) is 20.8 Å². The lowest BCUT2D eigenvalue weighted by atomic mass is 9.87. The number of hydrogen-bond donors (Lipinski definition) is 0. The summed E-state index contributed by atoms with van der Waals surface area (Å²) in [6, 6.07) is 0. The molecule has 0 aromatic carbocycles. The standard InChI is InChI=1S/C13H19F3N2/c1-11(2,3)9-8(13(14,15)16)7-17-10(18-9)12(4,5)6/h7H,1-6H3. The number of aromatic nitrogens is 2. The zero-order chi connectivity index (χ0) is 14.4. The number of nitrogens with zero attached hydrogens (tertiary/aromatic N) is 2. The Hall–Kier alpha value is -1.13. The lowest BCUT2D eigenvalue weighted by Gasteiger charge is -2.25. The van der Waals surface area contributed by atoms with Gasteiger partial charge in [0.25, 0.3) is 0 Å². The Labute approximate surface area is 106 Å². The predicted octanol–water partition coefficient (Wildman–Crippen LogP) is 4.09. The van der Waals surface area contributed by atoms with Crippen LogP contribution in [0.5, 0.6) is 0 Å². The molecule has 1 rings (SSSR count). The monoisotopic (exact) mass is 260 g/mol. The summed E-state index contributed by atoms with van der Waals surface area (Å²) in [7, 11) is 0. The molecular formula is C13H19F3N2. The van der Waals surface area contributed by atoms with Crippen LogP contribution in [0.2, 0.25) is 0 Å². The Morgan fingerprint density at radius 1 is 0.889 bits per heavy atom. The van der Waals surface area contributed by atoms with Gasteiger partial charge in [0.15, 0.2) is 0 Å². The first kappa shape index (κ1) is 14.9. The molecule has 0 aliphatic heterocycles. The van der Waals surface area contributed by atoms with Gasteiger partial charge >= 0.3 is 6.18 Å². The Morgan fingerprint density at radius 3 is 1.72 bits per heavy atom. The molecule has 0 aliphatic rings. The van der Waals surface area contributed by atoms with Gasteiger partial charge in [-0.1, -0.05) is 41.5 Å². The van der Waals surface area contributed by atoms with Crippen molar-refractivity contribution in [3.8, 4) is 0 Å². The van der Waals surface area contributed by atoms with Crippen molar-refractivity contribution >= 4 is 0 Å².